The third kappa shape index (κ3) is 6.09. The van der Waals surface area contributed by atoms with Crippen molar-refractivity contribution in [2.24, 2.45) is 0 Å². The molecule has 0 aliphatic rings. The zero-order chi connectivity index (χ0) is 22.3. The van der Waals surface area contributed by atoms with E-state index in [-0.39, 0.29) is 35.7 Å². The summed E-state index contributed by atoms with van der Waals surface area (Å²) in [5, 5.41) is 13.1. The standard InChI is InChI=1S/C19H21N3O7S/c1-21(2)30(27,28)17-5-3-4-14(12-17)13-29-18(23)10-11-20-19(24)15-6-8-16(9-7-15)22(25)26/h3-9,12H,10-11,13H2,1-2H3,(H,20,24). The number of non-ortho nitro benzene ring substituents is 1. The van der Waals surface area contributed by atoms with Crippen LogP contribution in [0.3, 0.4) is 0 Å². The topological polar surface area (TPSA) is 136 Å². The molecule has 2 aromatic carbocycles. The van der Waals surface area contributed by atoms with Crippen molar-refractivity contribution in [3.05, 3.63) is 69.8 Å². The number of nitrogens with one attached hydrogen (secondary N) is 1. The highest BCUT2D eigenvalue weighted by molar-refractivity contribution is 7.89. The van der Waals surface area contributed by atoms with Crippen molar-refractivity contribution in [3.63, 3.8) is 0 Å². The number of esters is 1. The van der Waals surface area contributed by atoms with Crippen LogP contribution in [0.5, 0.6) is 0 Å². The number of nitro groups is 1. The van der Waals surface area contributed by atoms with Crippen molar-refractivity contribution in [2.75, 3.05) is 20.6 Å². The smallest absolute Gasteiger partial charge is 0.307 e. The molecule has 160 valence electrons. The van der Waals surface area contributed by atoms with E-state index < -0.39 is 26.8 Å². The van der Waals surface area contributed by atoms with E-state index in [0.717, 1.165) is 4.31 Å². The fourth-order valence-corrected chi connectivity index (χ4v) is 3.33. The first-order valence-corrected chi connectivity index (χ1v) is 10.2. The Bertz CT molecular complexity index is 1030. The molecule has 0 saturated heterocycles. The molecule has 0 radical (unpaired) electrons. The van der Waals surface area contributed by atoms with Crippen LogP contribution in [-0.2, 0) is 26.2 Å². The van der Waals surface area contributed by atoms with Crippen molar-refractivity contribution >= 4 is 27.6 Å². The Labute approximate surface area is 173 Å². The van der Waals surface area contributed by atoms with Crippen molar-refractivity contribution in [3.8, 4) is 0 Å². The molecule has 0 spiro atoms. The average molecular weight is 435 g/mol. The third-order valence-electron chi connectivity index (χ3n) is 4.03. The summed E-state index contributed by atoms with van der Waals surface area (Å²) in [6.45, 7) is -0.0877. The van der Waals surface area contributed by atoms with E-state index in [1.165, 1.54) is 50.5 Å². The number of nitro benzene ring substituents is 1. The summed E-state index contributed by atoms with van der Waals surface area (Å²) in [7, 11) is -0.740. The molecule has 1 amide bonds. The number of benzene rings is 2. The van der Waals surface area contributed by atoms with Gasteiger partial charge in [0.2, 0.25) is 10.0 Å². The molecule has 0 fully saturated rings. The maximum Gasteiger partial charge on any atom is 0.307 e. The maximum atomic E-state index is 12.1. The zero-order valence-corrected chi connectivity index (χ0v) is 17.2. The van der Waals surface area contributed by atoms with Gasteiger partial charge in [-0.1, -0.05) is 12.1 Å². The summed E-state index contributed by atoms with van der Waals surface area (Å²) in [6.07, 6.45) is -0.0889. The summed E-state index contributed by atoms with van der Waals surface area (Å²) < 4.78 is 30.5. The molecule has 30 heavy (non-hydrogen) atoms. The van der Waals surface area contributed by atoms with Gasteiger partial charge in [0.25, 0.3) is 11.6 Å². The number of hydrogen-bond acceptors (Lipinski definition) is 7. The van der Waals surface area contributed by atoms with Gasteiger partial charge in [-0.25, -0.2) is 12.7 Å². The number of nitrogens with zero attached hydrogens (tertiary/aromatic N) is 2. The Morgan fingerprint density at radius 3 is 2.40 bits per heavy atom. The van der Waals surface area contributed by atoms with Crippen LogP contribution in [0.4, 0.5) is 5.69 Å². The molecular formula is C19H21N3O7S. The summed E-state index contributed by atoms with van der Waals surface area (Å²) >= 11 is 0. The predicted molar refractivity (Wildman–Crippen MR) is 107 cm³/mol. The van der Waals surface area contributed by atoms with Gasteiger partial charge in [-0.05, 0) is 29.8 Å². The summed E-state index contributed by atoms with van der Waals surface area (Å²) in [5.74, 6) is -1.04. The maximum absolute atomic E-state index is 12.1. The van der Waals surface area contributed by atoms with Crippen LogP contribution in [0, 0.1) is 10.1 Å². The van der Waals surface area contributed by atoms with Gasteiger partial charge in [-0.3, -0.25) is 19.7 Å². The van der Waals surface area contributed by atoms with Crippen LogP contribution in [0.1, 0.15) is 22.3 Å². The number of sulfonamides is 1. The lowest BCUT2D eigenvalue weighted by Crippen LogP contribution is -2.26. The van der Waals surface area contributed by atoms with Gasteiger partial charge >= 0.3 is 5.97 Å². The van der Waals surface area contributed by atoms with Crippen LogP contribution >= 0.6 is 0 Å². The quantitative estimate of drug-likeness (QED) is 0.360. The fourth-order valence-electron chi connectivity index (χ4n) is 2.36. The summed E-state index contributed by atoms with van der Waals surface area (Å²) in [4.78, 5) is 34.0. The monoisotopic (exact) mass is 435 g/mol. The highest BCUT2D eigenvalue weighted by Gasteiger charge is 2.17. The Morgan fingerprint density at radius 2 is 1.80 bits per heavy atom. The molecule has 0 aromatic heterocycles. The molecule has 0 atom stereocenters. The van der Waals surface area contributed by atoms with Crippen LogP contribution in [0.2, 0.25) is 0 Å². The first-order chi connectivity index (χ1) is 14.1. The fraction of sp³-hybridized carbons (Fsp3) is 0.263. The molecule has 0 saturated carbocycles. The van der Waals surface area contributed by atoms with Gasteiger partial charge in [0.1, 0.15) is 6.61 Å². The molecule has 1 N–H and O–H groups in total. The first-order valence-electron chi connectivity index (χ1n) is 8.81. The number of amides is 1. The predicted octanol–water partition coefficient (Wildman–Crippen LogP) is 1.71. The minimum Gasteiger partial charge on any atom is -0.461 e. The van der Waals surface area contributed by atoms with Crippen LogP contribution in [0.15, 0.2) is 53.4 Å². The molecule has 0 aliphatic heterocycles. The Hall–Kier alpha value is -3.31. The molecule has 2 rings (SSSR count). The second-order valence-electron chi connectivity index (χ2n) is 6.41. The lowest BCUT2D eigenvalue weighted by atomic mass is 10.2. The van der Waals surface area contributed by atoms with Gasteiger partial charge in [0.15, 0.2) is 0 Å². The van der Waals surface area contributed by atoms with Gasteiger partial charge in [-0.2, -0.15) is 0 Å². The molecule has 10 nitrogen and oxygen atoms in total. The third-order valence-corrected chi connectivity index (χ3v) is 5.84. The van der Waals surface area contributed by atoms with Gasteiger partial charge < -0.3 is 10.1 Å². The Balaban J connectivity index is 1.81. The number of carbonyl (C=O) groups excluding carboxylic acids is 2. The molecule has 0 bridgehead atoms. The highest BCUT2D eigenvalue weighted by Crippen LogP contribution is 2.15. The van der Waals surface area contributed by atoms with E-state index in [1.807, 2.05) is 0 Å². The lowest BCUT2D eigenvalue weighted by Gasteiger charge is -2.12. The SMILES string of the molecule is CN(C)S(=O)(=O)c1cccc(COC(=O)CCNC(=O)c2ccc([N+](=O)[O-])cc2)c1. The number of rotatable bonds is 9. The minimum atomic E-state index is -3.59. The zero-order valence-electron chi connectivity index (χ0n) is 16.4. The highest BCUT2D eigenvalue weighted by atomic mass is 32.2. The number of carbonyl (C=O) groups is 2. The van der Waals surface area contributed by atoms with Crippen LogP contribution in [-0.4, -0.2) is 50.2 Å². The van der Waals surface area contributed by atoms with E-state index in [0.29, 0.717) is 5.56 Å². The second-order valence-corrected chi connectivity index (χ2v) is 8.56. The Morgan fingerprint density at radius 1 is 1.13 bits per heavy atom. The van der Waals surface area contributed by atoms with Crippen LogP contribution < -0.4 is 5.32 Å². The van der Waals surface area contributed by atoms with Gasteiger partial charge in [-0.15, -0.1) is 0 Å². The molecule has 0 heterocycles. The van der Waals surface area contributed by atoms with Crippen molar-refractivity contribution in [2.45, 2.75) is 17.9 Å². The summed E-state index contributed by atoms with van der Waals surface area (Å²) in [6, 6.07) is 11.2. The second kappa shape index (κ2) is 9.94. The first kappa shape index (κ1) is 23.0. The van der Waals surface area contributed by atoms with E-state index in [9.17, 15) is 28.1 Å². The molecule has 0 aliphatic carbocycles. The molecule has 0 unspecified atom stereocenters. The number of hydrogen-bond donors (Lipinski definition) is 1. The van der Waals surface area contributed by atoms with E-state index in [2.05, 4.69) is 5.32 Å². The van der Waals surface area contributed by atoms with Crippen molar-refractivity contribution in [1.82, 2.24) is 9.62 Å². The minimum absolute atomic E-state index is 0.0176. The number of ether oxygens (including phenoxy) is 1. The Kier molecular flexibility index (Phi) is 7.61. The largest absolute Gasteiger partial charge is 0.461 e. The molecule has 11 heteroatoms. The van der Waals surface area contributed by atoms with E-state index in [4.69, 9.17) is 4.74 Å². The van der Waals surface area contributed by atoms with Crippen LogP contribution in [0.25, 0.3) is 0 Å². The van der Waals surface area contributed by atoms with Crippen molar-refractivity contribution in [1.29, 1.82) is 0 Å². The molecular weight excluding hydrogens is 414 g/mol. The van der Waals surface area contributed by atoms with Gasteiger partial charge in [0, 0.05) is 38.3 Å². The van der Waals surface area contributed by atoms with Gasteiger partial charge in [0.05, 0.1) is 16.2 Å². The average Bonchev–Trinajstić information content (AvgIpc) is 2.72. The van der Waals surface area contributed by atoms with E-state index >= 15 is 0 Å². The normalized spacial score (nSPS) is 11.2. The van der Waals surface area contributed by atoms with Crippen molar-refractivity contribution < 1.29 is 27.7 Å². The molecule has 2 aromatic rings. The van der Waals surface area contributed by atoms with E-state index in [1.54, 1.807) is 12.1 Å². The lowest BCUT2D eigenvalue weighted by molar-refractivity contribution is -0.384. The summed E-state index contributed by atoms with van der Waals surface area (Å²) in [5.41, 5.74) is 0.617.